The largest absolute Gasteiger partial charge is 0.465 e. The van der Waals surface area contributed by atoms with Crippen molar-refractivity contribution in [2.24, 2.45) is 29.1 Å². The first-order valence-electron chi connectivity index (χ1n) is 13.9. The number of carboxylic acid groups (broad SMARTS) is 1. The monoisotopic (exact) mass is 491 g/mol. The average molecular weight is 492 g/mol. The summed E-state index contributed by atoms with van der Waals surface area (Å²) >= 11 is 0. The van der Waals surface area contributed by atoms with E-state index >= 15 is 0 Å². The van der Waals surface area contributed by atoms with Gasteiger partial charge in [-0.2, -0.15) is 5.26 Å². The van der Waals surface area contributed by atoms with Crippen LogP contribution in [0.4, 0.5) is 10.6 Å². The lowest BCUT2D eigenvalue weighted by Crippen LogP contribution is -2.62. The Bertz CT molecular complexity index is 1030. The first-order valence-corrected chi connectivity index (χ1v) is 13.9. The van der Waals surface area contributed by atoms with Gasteiger partial charge >= 0.3 is 6.09 Å². The summed E-state index contributed by atoms with van der Waals surface area (Å²) in [7, 11) is 0. The van der Waals surface area contributed by atoms with Gasteiger partial charge in [0, 0.05) is 24.2 Å². The number of nitrogens with zero attached hydrogens (tertiary/aromatic N) is 3. The quantitative estimate of drug-likeness (QED) is 0.563. The van der Waals surface area contributed by atoms with Crippen LogP contribution >= 0.6 is 0 Å². The van der Waals surface area contributed by atoms with Crippen LogP contribution in [-0.4, -0.2) is 51.7 Å². The molecule has 0 radical (unpaired) electrons. The zero-order valence-corrected chi connectivity index (χ0v) is 20.9. The molecule has 3 N–H and O–H groups in total. The maximum absolute atomic E-state index is 13.7. The molecule has 0 spiro atoms. The molecular weight excluding hydrogens is 454 g/mol. The fraction of sp³-hybridized carbons (Fsp3) is 0.714. The van der Waals surface area contributed by atoms with E-state index in [-0.39, 0.29) is 29.3 Å². The first kappa shape index (κ1) is 23.6. The third-order valence-corrected chi connectivity index (χ3v) is 10.1. The fourth-order valence-electron chi connectivity index (χ4n) is 8.89. The molecule has 1 aliphatic heterocycles. The summed E-state index contributed by atoms with van der Waals surface area (Å²) in [4.78, 5) is 32.0. The van der Waals surface area contributed by atoms with Crippen LogP contribution in [0.5, 0.6) is 0 Å². The van der Waals surface area contributed by atoms with E-state index in [2.05, 4.69) is 21.7 Å². The molecule has 6 aliphatic rings. The summed E-state index contributed by atoms with van der Waals surface area (Å²) in [6.45, 7) is 0.515. The van der Waals surface area contributed by atoms with Crippen LogP contribution in [0.3, 0.4) is 0 Å². The molecule has 1 aromatic rings. The van der Waals surface area contributed by atoms with Gasteiger partial charge in [-0.1, -0.05) is 19.3 Å². The Kier molecular flexibility index (Phi) is 6.05. The van der Waals surface area contributed by atoms with Crippen LogP contribution in [0.15, 0.2) is 18.3 Å². The van der Waals surface area contributed by atoms with E-state index in [0.717, 1.165) is 51.4 Å². The van der Waals surface area contributed by atoms with Gasteiger partial charge in [0.25, 0.3) is 0 Å². The Morgan fingerprint density at radius 1 is 1.08 bits per heavy atom. The number of anilines is 1. The van der Waals surface area contributed by atoms with Crippen LogP contribution in [0, 0.1) is 40.4 Å². The Balaban J connectivity index is 1.22. The predicted molar refractivity (Wildman–Crippen MR) is 134 cm³/mol. The molecule has 5 saturated carbocycles. The number of pyridine rings is 1. The van der Waals surface area contributed by atoms with Gasteiger partial charge in [0.05, 0.1) is 17.6 Å². The van der Waals surface area contributed by atoms with E-state index in [0.29, 0.717) is 41.7 Å². The molecule has 192 valence electrons. The van der Waals surface area contributed by atoms with Crippen LogP contribution in [0.1, 0.15) is 76.2 Å². The zero-order chi connectivity index (χ0) is 24.9. The molecule has 2 amide bonds. The van der Waals surface area contributed by atoms with E-state index in [1.807, 2.05) is 0 Å². The molecule has 1 saturated heterocycles. The molecule has 4 atom stereocenters. The van der Waals surface area contributed by atoms with Gasteiger partial charge in [-0.25, -0.2) is 9.78 Å². The van der Waals surface area contributed by atoms with Crippen molar-refractivity contribution in [3.05, 3.63) is 23.9 Å². The average Bonchev–Trinajstić information content (AvgIpc) is 3.28. The Morgan fingerprint density at radius 2 is 1.83 bits per heavy atom. The fourth-order valence-corrected chi connectivity index (χ4v) is 8.89. The Morgan fingerprint density at radius 3 is 2.47 bits per heavy atom. The first-order chi connectivity index (χ1) is 17.5. The van der Waals surface area contributed by atoms with E-state index in [1.54, 1.807) is 23.2 Å². The van der Waals surface area contributed by atoms with Crippen molar-refractivity contribution < 1.29 is 14.7 Å². The molecule has 2 heterocycles. The van der Waals surface area contributed by atoms with Gasteiger partial charge in [-0.15, -0.1) is 0 Å². The highest BCUT2D eigenvalue weighted by Crippen LogP contribution is 2.64. The molecule has 6 fully saturated rings. The minimum atomic E-state index is -0.851. The van der Waals surface area contributed by atoms with Crippen molar-refractivity contribution in [2.45, 2.75) is 88.8 Å². The number of hydrogen-bond acceptors (Lipinski definition) is 5. The van der Waals surface area contributed by atoms with Crippen LogP contribution in [0.2, 0.25) is 0 Å². The maximum Gasteiger partial charge on any atom is 0.407 e. The minimum absolute atomic E-state index is 0.0175. The predicted octanol–water partition coefficient (Wildman–Crippen LogP) is 4.38. The summed E-state index contributed by atoms with van der Waals surface area (Å²) in [5.41, 5.74) is 0.253. The van der Waals surface area contributed by atoms with Gasteiger partial charge in [0.2, 0.25) is 5.91 Å². The standard InChI is InChI=1S/C28H37N5O3/c29-15-17-6-7-23(30-16-17)32-22-8-9-33(27(35)36)25(22)24-19-10-18-11-20(24)14-28(12-18,13-19)26(34)31-21-4-2-1-3-5-21/h6-7,16,18-22,24-25H,1-5,8-14H2,(H,30,32)(H,31,34)(H,35,36). The van der Waals surface area contributed by atoms with Gasteiger partial charge < -0.3 is 20.6 Å². The van der Waals surface area contributed by atoms with Gasteiger partial charge in [-0.05, 0) is 87.2 Å². The lowest BCUT2D eigenvalue weighted by Gasteiger charge is -2.61. The van der Waals surface area contributed by atoms with Crippen molar-refractivity contribution >= 4 is 17.8 Å². The molecular formula is C28H37N5O3. The smallest absolute Gasteiger partial charge is 0.407 e. The highest BCUT2D eigenvalue weighted by Gasteiger charge is 2.62. The maximum atomic E-state index is 13.7. The second-order valence-corrected chi connectivity index (χ2v) is 12.2. The second kappa shape index (κ2) is 9.24. The summed E-state index contributed by atoms with van der Waals surface area (Å²) < 4.78 is 0. The molecule has 1 aromatic heterocycles. The molecule has 4 unspecified atom stereocenters. The van der Waals surface area contributed by atoms with E-state index in [4.69, 9.17) is 5.26 Å². The second-order valence-electron chi connectivity index (χ2n) is 12.2. The summed E-state index contributed by atoms with van der Waals surface area (Å²) in [6, 6.07) is 5.84. The van der Waals surface area contributed by atoms with Crippen molar-refractivity contribution in [1.29, 1.82) is 5.26 Å². The SMILES string of the molecule is N#Cc1ccc(NC2CCN(C(=O)O)C2C2C3CC4CC2CC(C(=O)NC2CCCCC2)(C4)C3)nc1. The number of likely N-dealkylation sites (tertiary alicyclic amines) is 1. The van der Waals surface area contributed by atoms with Crippen molar-refractivity contribution in [3.8, 4) is 6.07 Å². The van der Waals surface area contributed by atoms with Crippen molar-refractivity contribution in [2.75, 3.05) is 11.9 Å². The van der Waals surface area contributed by atoms with E-state index in [9.17, 15) is 14.7 Å². The molecule has 5 aliphatic carbocycles. The number of nitriles is 1. The topological polar surface area (TPSA) is 118 Å². The zero-order valence-electron chi connectivity index (χ0n) is 20.9. The van der Waals surface area contributed by atoms with Crippen LogP contribution in [0.25, 0.3) is 0 Å². The molecule has 8 nitrogen and oxygen atoms in total. The van der Waals surface area contributed by atoms with Gasteiger partial charge in [-0.3, -0.25) is 4.79 Å². The third-order valence-electron chi connectivity index (χ3n) is 10.1. The summed E-state index contributed by atoms with van der Waals surface area (Å²) in [5.74, 6) is 2.59. The third kappa shape index (κ3) is 4.10. The highest BCUT2D eigenvalue weighted by molar-refractivity contribution is 5.83. The van der Waals surface area contributed by atoms with Crippen molar-refractivity contribution in [3.63, 3.8) is 0 Å². The van der Waals surface area contributed by atoms with Crippen molar-refractivity contribution in [1.82, 2.24) is 15.2 Å². The number of aromatic nitrogens is 1. The lowest BCUT2D eigenvalue weighted by molar-refractivity contribution is -0.158. The van der Waals surface area contributed by atoms with E-state index in [1.165, 1.54) is 19.3 Å². The number of amides is 2. The molecule has 8 heteroatoms. The number of carbonyl (C=O) groups excluding carboxylic acids is 1. The van der Waals surface area contributed by atoms with Gasteiger partial charge in [0.15, 0.2) is 0 Å². The van der Waals surface area contributed by atoms with Crippen LogP contribution in [-0.2, 0) is 4.79 Å². The molecule has 36 heavy (non-hydrogen) atoms. The van der Waals surface area contributed by atoms with Gasteiger partial charge in [0.1, 0.15) is 11.9 Å². The number of carbonyl (C=O) groups is 2. The molecule has 0 aromatic carbocycles. The number of nitrogens with one attached hydrogen (secondary N) is 2. The highest BCUT2D eigenvalue weighted by atomic mass is 16.4. The minimum Gasteiger partial charge on any atom is -0.465 e. The molecule has 7 rings (SSSR count). The summed E-state index contributed by atoms with van der Waals surface area (Å²) in [5, 5.41) is 26.1. The Labute approximate surface area is 212 Å². The van der Waals surface area contributed by atoms with E-state index < -0.39 is 6.09 Å². The lowest BCUT2D eigenvalue weighted by atomic mass is 9.44. The Hall–Kier alpha value is -2.82. The normalized spacial score (nSPS) is 37.5. The number of hydrogen-bond donors (Lipinski definition) is 3. The number of rotatable bonds is 5. The molecule has 4 bridgehead atoms. The summed E-state index contributed by atoms with van der Waals surface area (Å²) in [6.07, 6.45) is 12.4. The van der Waals surface area contributed by atoms with Crippen LogP contribution < -0.4 is 10.6 Å².